The van der Waals surface area contributed by atoms with Crippen molar-refractivity contribution in [3.05, 3.63) is 54.1 Å². The summed E-state index contributed by atoms with van der Waals surface area (Å²) >= 11 is 1.05. The largest absolute Gasteiger partial charge is 0.493 e. The number of carbonyl (C=O) groups is 2. The van der Waals surface area contributed by atoms with E-state index in [-0.39, 0.29) is 11.1 Å². The van der Waals surface area contributed by atoms with Gasteiger partial charge in [-0.1, -0.05) is 30.3 Å². The van der Waals surface area contributed by atoms with Crippen molar-refractivity contribution in [1.29, 1.82) is 0 Å². The van der Waals surface area contributed by atoms with Gasteiger partial charge in [0.05, 0.1) is 14.2 Å². The first kappa shape index (κ1) is 21.2. The minimum absolute atomic E-state index is 0.181. The average Bonchev–Trinajstić information content (AvgIpc) is 3.26. The first-order chi connectivity index (χ1) is 14.5. The second-order valence-electron chi connectivity index (χ2n) is 5.92. The molecule has 0 unspecified atom stereocenters. The number of nitrogens with one attached hydrogen (secondary N) is 2. The van der Waals surface area contributed by atoms with E-state index in [1.165, 1.54) is 14.2 Å². The van der Waals surface area contributed by atoms with Crippen molar-refractivity contribution in [2.24, 2.45) is 0 Å². The predicted octanol–water partition coefficient (Wildman–Crippen LogP) is 3.04. The van der Waals surface area contributed by atoms with Crippen LogP contribution >= 0.6 is 11.8 Å². The zero-order valence-electron chi connectivity index (χ0n) is 16.5. The van der Waals surface area contributed by atoms with Gasteiger partial charge in [-0.25, -0.2) is 4.79 Å². The maximum atomic E-state index is 12.6. The zero-order valence-corrected chi connectivity index (χ0v) is 17.4. The van der Waals surface area contributed by atoms with Gasteiger partial charge in [0.15, 0.2) is 11.5 Å². The predicted molar refractivity (Wildman–Crippen MR) is 110 cm³/mol. The molecule has 30 heavy (non-hydrogen) atoms. The van der Waals surface area contributed by atoms with Crippen molar-refractivity contribution in [3.8, 4) is 23.0 Å². The minimum atomic E-state index is -0.762. The summed E-state index contributed by atoms with van der Waals surface area (Å²) in [6.07, 6.45) is 0. The monoisotopic (exact) mass is 428 g/mol. The molecule has 3 aromatic rings. The summed E-state index contributed by atoms with van der Waals surface area (Å²) in [5.74, 6) is 0.855. The van der Waals surface area contributed by atoms with E-state index >= 15 is 0 Å². The molecule has 3 amide bonds. The molecule has 1 aromatic heterocycles. The number of aromatic nitrogens is 2. The van der Waals surface area contributed by atoms with Crippen LogP contribution in [0.15, 0.2) is 58.2 Å². The molecule has 0 bridgehead atoms. The highest BCUT2D eigenvalue weighted by molar-refractivity contribution is 8.00. The molecule has 0 saturated carbocycles. The van der Waals surface area contributed by atoms with E-state index in [0.29, 0.717) is 22.6 Å². The molecule has 9 nitrogen and oxygen atoms in total. The Balaban J connectivity index is 1.85. The molecule has 1 atom stereocenters. The van der Waals surface area contributed by atoms with E-state index in [2.05, 4.69) is 20.8 Å². The fraction of sp³-hybridized carbons (Fsp3) is 0.200. The van der Waals surface area contributed by atoms with E-state index in [1.807, 2.05) is 6.07 Å². The lowest BCUT2D eigenvalue weighted by Crippen LogP contribution is -2.39. The molecule has 0 saturated heterocycles. The van der Waals surface area contributed by atoms with Gasteiger partial charge in [0.25, 0.3) is 5.22 Å². The third-order valence-electron chi connectivity index (χ3n) is 4.06. The molecule has 156 valence electrons. The summed E-state index contributed by atoms with van der Waals surface area (Å²) in [6.45, 7) is 0. The lowest BCUT2D eigenvalue weighted by Gasteiger charge is -2.14. The number of hydrogen-bond acceptors (Lipinski definition) is 8. The van der Waals surface area contributed by atoms with E-state index in [4.69, 9.17) is 13.9 Å². The summed E-state index contributed by atoms with van der Waals surface area (Å²) in [5.41, 5.74) is 1.33. The maximum absolute atomic E-state index is 12.6. The lowest BCUT2D eigenvalue weighted by atomic mass is 10.1. The quantitative estimate of drug-likeness (QED) is 0.552. The van der Waals surface area contributed by atoms with Gasteiger partial charge in [-0.15, -0.1) is 10.2 Å². The number of carbonyl (C=O) groups excluding carboxylic acids is 2. The molecule has 0 fully saturated rings. The smallest absolute Gasteiger partial charge is 0.321 e. The van der Waals surface area contributed by atoms with Crippen LogP contribution in [0.25, 0.3) is 11.5 Å². The summed E-state index contributed by atoms with van der Waals surface area (Å²) in [6, 6.07) is 13.6. The van der Waals surface area contributed by atoms with Gasteiger partial charge in [0.1, 0.15) is 5.25 Å². The Bertz CT molecular complexity index is 1030. The first-order valence-electron chi connectivity index (χ1n) is 8.85. The van der Waals surface area contributed by atoms with E-state index < -0.39 is 17.2 Å². The first-order valence-corrected chi connectivity index (χ1v) is 9.73. The molecular weight excluding hydrogens is 408 g/mol. The molecule has 0 aliphatic rings. The van der Waals surface area contributed by atoms with E-state index in [0.717, 1.165) is 11.8 Å². The Kier molecular flexibility index (Phi) is 6.91. The molecule has 1 heterocycles. The Labute approximate surface area is 177 Å². The van der Waals surface area contributed by atoms with Crippen molar-refractivity contribution >= 4 is 23.7 Å². The molecule has 3 rings (SSSR count). The number of hydrogen-bond donors (Lipinski definition) is 2. The molecule has 2 N–H and O–H groups in total. The van der Waals surface area contributed by atoms with Crippen molar-refractivity contribution < 1.29 is 23.5 Å². The fourth-order valence-electron chi connectivity index (χ4n) is 2.58. The van der Waals surface area contributed by atoms with Crippen LogP contribution in [0.3, 0.4) is 0 Å². The molecule has 0 spiro atoms. The topological polar surface area (TPSA) is 116 Å². The molecule has 2 aromatic carbocycles. The maximum Gasteiger partial charge on any atom is 0.321 e. The van der Waals surface area contributed by atoms with Gasteiger partial charge in [-0.05, 0) is 35.5 Å². The van der Waals surface area contributed by atoms with Crippen LogP contribution in [0.2, 0.25) is 0 Å². The lowest BCUT2D eigenvalue weighted by molar-refractivity contribution is -0.119. The van der Waals surface area contributed by atoms with Crippen molar-refractivity contribution in [2.45, 2.75) is 10.5 Å². The normalized spacial score (nSPS) is 11.4. The van der Waals surface area contributed by atoms with Crippen LogP contribution in [-0.4, -0.2) is 43.4 Å². The van der Waals surface area contributed by atoms with Crippen LogP contribution in [0, 0.1) is 0 Å². The van der Waals surface area contributed by atoms with Gasteiger partial charge in [0.2, 0.25) is 11.8 Å². The number of amides is 3. The molecule has 0 aliphatic heterocycles. The van der Waals surface area contributed by atoms with Crippen LogP contribution in [0.5, 0.6) is 11.5 Å². The summed E-state index contributed by atoms with van der Waals surface area (Å²) in [4.78, 5) is 24.2. The minimum Gasteiger partial charge on any atom is -0.493 e. The average molecular weight is 428 g/mol. The van der Waals surface area contributed by atoms with Gasteiger partial charge in [-0.2, -0.15) is 0 Å². The van der Waals surface area contributed by atoms with Crippen molar-refractivity contribution in [3.63, 3.8) is 0 Å². The Hall–Kier alpha value is -3.53. The van der Waals surface area contributed by atoms with Gasteiger partial charge in [-0.3, -0.25) is 10.1 Å². The fourth-order valence-corrected chi connectivity index (χ4v) is 3.46. The molecular formula is C20H20N4O5S. The number of urea groups is 1. The number of thioether (sulfide) groups is 1. The Morgan fingerprint density at radius 2 is 1.77 bits per heavy atom. The highest BCUT2D eigenvalue weighted by Gasteiger charge is 2.26. The number of imide groups is 1. The zero-order chi connectivity index (χ0) is 21.5. The Morgan fingerprint density at radius 1 is 1.03 bits per heavy atom. The second-order valence-corrected chi connectivity index (χ2v) is 6.98. The number of nitrogens with zero attached hydrogens (tertiary/aromatic N) is 2. The van der Waals surface area contributed by atoms with Gasteiger partial charge in [0, 0.05) is 12.6 Å². The summed E-state index contributed by atoms with van der Waals surface area (Å²) in [7, 11) is 4.51. The standard InChI is InChI=1S/C20H20N4O5S/c1-21-19(26)22-17(25)16(12-7-5-4-6-8-12)30-20-24-23-18(29-20)13-9-10-14(27-2)15(11-13)28-3/h4-11,16H,1-3H3,(H2,21,22,25,26)/t16-/m1/s1. The highest BCUT2D eigenvalue weighted by atomic mass is 32.2. The van der Waals surface area contributed by atoms with Crippen LogP contribution in [-0.2, 0) is 4.79 Å². The number of methoxy groups -OCH3 is 2. The number of rotatable bonds is 7. The number of benzene rings is 2. The van der Waals surface area contributed by atoms with Crippen LogP contribution in [0.1, 0.15) is 10.8 Å². The molecule has 0 radical (unpaired) electrons. The van der Waals surface area contributed by atoms with Gasteiger partial charge >= 0.3 is 6.03 Å². The van der Waals surface area contributed by atoms with E-state index in [9.17, 15) is 9.59 Å². The third kappa shape index (κ3) is 4.90. The third-order valence-corrected chi connectivity index (χ3v) is 5.15. The summed E-state index contributed by atoms with van der Waals surface area (Å²) in [5, 5.41) is 12.1. The molecule has 10 heteroatoms. The van der Waals surface area contributed by atoms with Crippen molar-refractivity contribution in [1.82, 2.24) is 20.8 Å². The number of ether oxygens (including phenoxy) is 2. The molecule has 0 aliphatic carbocycles. The van der Waals surface area contributed by atoms with E-state index in [1.54, 1.807) is 49.6 Å². The van der Waals surface area contributed by atoms with Crippen molar-refractivity contribution in [2.75, 3.05) is 21.3 Å². The SMILES string of the molecule is CNC(=O)NC(=O)[C@H](Sc1nnc(-c2ccc(OC)c(OC)c2)o1)c1ccccc1. The Morgan fingerprint density at radius 3 is 2.43 bits per heavy atom. The second kappa shape index (κ2) is 9.79. The highest BCUT2D eigenvalue weighted by Crippen LogP contribution is 2.37. The van der Waals surface area contributed by atoms with Crippen LogP contribution < -0.4 is 20.1 Å². The van der Waals surface area contributed by atoms with Crippen LogP contribution in [0.4, 0.5) is 4.79 Å². The summed E-state index contributed by atoms with van der Waals surface area (Å²) < 4.78 is 16.3. The van der Waals surface area contributed by atoms with Gasteiger partial charge < -0.3 is 19.2 Å².